The SMILES string of the molecule is CN(CCCNC(=O)c1cc(Br)cnc1Cl)CC(F)(F)F. The summed E-state index contributed by atoms with van der Waals surface area (Å²) in [7, 11) is 1.38. The highest BCUT2D eigenvalue weighted by molar-refractivity contribution is 9.10. The number of rotatable bonds is 6. The summed E-state index contributed by atoms with van der Waals surface area (Å²) in [4.78, 5) is 16.8. The van der Waals surface area contributed by atoms with E-state index in [1.165, 1.54) is 19.3 Å². The summed E-state index contributed by atoms with van der Waals surface area (Å²) in [6.07, 6.45) is -2.35. The normalized spacial score (nSPS) is 11.8. The Morgan fingerprint density at radius 2 is 2.19 bits per heavy atom. The lowest BCUT2D eigenvalue weighted by molar-refractivity contribution is -0.143. The quantitative estimate of drug-likeness (QED) is 0.602. The zero-order valence-electron chi connectivity index (χ0n) is 11.2. The molecule has 1 heterocycles. The first kappa shape index (κ1) is 18.2. The van der Waals surface area contributed by atoms with Crippen LogP contribution in [-0.4, -0.2) is 48.6 Å². The average Bonchev–Trinajstić information content (AvgIpc) is 2.35. The van der Waals surface area contributed by atoms with Gasteiger partial charge in [-0.25, -0.2) is 4.98 Å². The highest BCUT2D eigenvalue weighted by atomic mass is 79.9. The molecule has 0 saturated heterocycles. The molecule has 1 rings (SSSR count). The van der Waals surface area contributed by atoms with Crippen LogP contribution in [0.1, 0.15) is 16.8 Å². The van der Waals surface area contributed by atoms with Crippen LogP contribution in [0, 0.1) is 0 Å². The smallest absolute Gasteiger partial charge is 0.352 e. The first-order chi connectivity index (χ1) is 9.69. The summed E-state index contributed by atoms with van der Waals surface area (Å²) in [5.74, 6) is -0.410. The maximum atomic E-state index is 12.1. The van der Waals surface area contributed by atoms with Crippen LogP contribution in [0.5, 0.6) is 0 Å². The fourth-order valence-corrected chi connectivity index (χ4v) is 2.13. The molecule has 21 heavy (non-hydrogen) atoms. The lowest BCUT2D eigenvalue weighted by Crippen LogP contribution is -2.33. The van der Waals surface area contributed by atoms with E-state index in [-0.39, 0.29) is 23.8 Å². The summed E-state index contributed by atoms with van der Waals surface area (Å²) in [6.45, 7) is -0.490. The van der Waals surface area contributed by atoms with E-state index in [9.17, 15) is 18.0 Å². The Morgan fingerprint density at radius 1 is 1.52 bits per heavy atom. The van der Waals surface area contributed by atoms with Crippen LogP contribution in [0.4, 0.5) is 13.2 Å². The number of alkyl halides is 3. The molecule has 1 N–H and O–H groups in total. The summed E-state index contributed by atoms with van der Waals surface area (Å²) in [5, 5.41) is 2.67. The molecule has 9 heteroatoms. The third-order valence-electron chi connectivity index (χ3n) is 2.50. The molecule has 0 unspecified atom stereocenters. The molecular weight excluding hydrogens is 375 g/mol. The molecule has 0 bridgehead atoms. The third kappa shape index (κ3) is 7.10. The number of nitrogens with zero attached hydrogens (tertiary/aromatic N) is 2. The molecule has 0 aliphatic rings. The van der Waals surface area contributed by atoms with Crippen LogP contribution in [0.25, 0.3) is 0 Å². The standard InChI is InChI=1S/C12H14BrClF3N3O/c1-20(7-12(15,16)17)4-2-3-18-11(21)9-5-8(13)6-19-10(9)14/h5-6H,2-4,7H2,1H3,(H,18,21). The van der Waals surface area contributed by atoms with Crippen molar-refractivity contribution in [2.45, 2.75) is 12.6 Å². The Kier molecular flexibility index (Phi) is 6.89. The number of nitrogens with one attached hydrogen (secondary N) is 1. The van der Waals surface area contributed by atoms with Gasteiger partial charge in [-0.05, 0) is 42.0 Å². The van der Waals surface area contributed by atoms with E-state index in [0.717, 1.165) is 4.90 Å². The Bertz CT molecular complexity index is 499. The fourth-order valence-electron chi connectivity index (χ4n) is 1.61. The van der Waals surface area contributed by atoms with Crippen molar-refractivity contribution in [3.05, 3.63) is 27.5 Å². The number of carbonyl (C=O) groups excluding carboxylic acids is 1. The van der Waals surface area contributed by atoms with Gasteiger partial charge >= 0.3 is 6.18 Å². The second-order valence-corrected chi connectivity index (χ2v) is 5.73. The highest BCUT2D eigenvalue weighted by Gasteiger charge is 2.28. The predicted molar refractivity (Wildman–Crippen MR) is 77.4 cm³/mol. The zero-order valence-corrected chi connectivity index (χ0v) is 13.5. The average molecular weight is 389 g/mol. The van der Waals surface area contributed by atoms with Crippen LogP contribution in [-0.2, 0) is 0 Å². The maximum absolute atomic E-state index is 12.1. The van der Waals surface area contributed by atoms with E-state index in [1.54, 1.807) is 0 Å². The first-order valence-corrected chi connectivity index (χ1v) is 7.20. The number of amides is 1. The van der Waals surface area contributed by atoms with Gasteiger partial charge in [-0.2, -0.15) is 13.2 Å². The molecule has 0 aliphatic heterocycles. The molecule has 0 fully saturated rings. The van der Waals surface area contributed by atoms with Crippen molar-refractivity contribution in [2.24, 2.45) is 0 Å². The topological polar surface area (TPSA) is 45.2 Å². The Morgan fingerprint density at radius 3 is 2.81 bits per heavy atom. The van der Waals surface area contributed by atoms with Crippen molar-refractivity contribution in [1.82, 2.24) is 15.2 Å². The van der Waals surface area contributed by atoms with E-state index in [2.05, 4.69) is 26.2 Å². The first-order valence-electron chi connectivity index (χ1n) is 6.03. The molecular formula is C12H14BrClF3N3O. The van der Waals surface area contributed by atoms with Gasteiger partial charge in [0.05, 0.1) is 12.1 Å². The van der Waals surface area contributed by atoms with Gasteiger partial charge in [0.1, 0.15) is 5.15 Å². The third-order valence-corrected chi connectivity index (χ3v) is 3.24. The number of halogens is 5. The summed E-state index contributed by atoms with van der Waals surface area (Å²) in [5.41, 5.74) is 0.217. The van der Waals surface area contributed by atoms with Crippen molar-refractivity contribution < 1.29 is 18.0 Å². The Labute approximate surface area is 133 Å². The van der Waals surface area contributed by atoms with Gasteiger partial charge in [0, 0.05) is 17.2 Å². The highest BCUT2D eigenvalue weighted by Crippen LogP contribution is 2.18. The molecule has 0 aromatic carbocycles. The van der Waals surface area contributed by atoms with E-state index < -0.39 is 18.6 Å². The van der Waals surface area contributed by atoms with E-state index >= 15 is 0 Å². The van der Waals surface area contributed by atoms with Crippen molar-refractivity contribution in [3.63, 3.8) is 0 Å². The van der Waals surface area contributed by atoms with Crippen LogP contribution in [0.3, 0.4) is 0 Å². The molecule has 0 aliphatic carbocycles. The number of hydrogen-bond donors (Lipinski definition) is 1. The van der Waals surface area contributed by atoms with Gasteiger partial charge in [-0.15, -0.1) is 0 Å². The minimum atomic E-state index is -4.21. The van der Waals surface area contributed by atoms with Crippen LogP contribution in [0.15, 0.2) is 16.7 Å². The fraction of sp³-hybridized carbons (Fsp3) is 0.500. The van der Waals surface area contributed by atoms with Crippen molar-refractivity contribution in [3.8, 4) is 0 Å². The van der Waals surface area contributed by atoms with Crippen LogP contribution in [0.2, 0.25) is 5.15 Å². The maximum Gasteiger partial charge on any atom is 0.401 e. The Hall–Kier alpha value is -0.860. The van der Waals surface area contributed by atoms with Gasteiger partial charge in [-0.3, -0.25) is 9.69 Å². The van der Waals surface area contributed by atoms with Gasteiger partial charge in [0.2, 0.25) is 0 Å². The molecule has 4 nitrogen and oxygen atoms in total. The van der Waals surface area contributed by atoms with E-state index in [4.69, 9.17) is 11.6 Å². The molecule has 0 saturated carbocycles. The van der Waals surface area contributed by atoms with Crippen molar-refractivity contribution in [1.29, 1.82) is 0 Å². The van der Waals surface area contributed by atoms with Gasteiger partial charge in [-0.1, -0.05) is 11.6 Å². The van der Waals surface area contributed by atoms with Crippen LogP contribution < -0.4 is 5.32 Å². The minimum absolute atomic E-state index is 0.0740. The van der Waals surface area contributed by atoms with Gasteiger partial charge in [0.15, 0.2) is 0 Å². The van der Waals surface area contributed by atoms with Crippen molar-refractivity contribution >= 4 is 33.4 Å². The second-order valence-electron chi connectivity index (χ2n) is 4.45. The number of carbonyl (C=O) groups is 1. The molecule has 0 atom stereocenters. The van der Waals surface area contributed by atoms with Crippen molar-refractivity contribution in [2.75, 3.05) is 26.7 Å². The zero-order chi connectivity index (χ0) is 16.0. The summed E-state index contributed by atoms with van der Waals surface area (Å²) < 4.78 is 36.9. The predicted octanol–water partition coefficient (Wildman–Crippen LogP) is 3.11. The van der Waals surface area contributed by atoms with E-state index in [0.29, 0.717) is 10.9 Å². The molecule has 0 radical (unpaired) electrons. The van der Waals surface area contributed by atoms with Gasteiger partial charge in [0.25, 0.3) is 5.91 Å². The molecule has 0 spiro atoms. The monoisotopic (exact) mass is 387 g/mol. The lowest BCUT2D eigenvalue weighted by atomic mass is 10.2. The Balaban J connectivity index is 2.36. The minimum Gasteiger partial charge on any atom is -0.352 e. The number of aromatic nitrogens is 1. The molecule has 1 aromatic heterocycles. The molecule has 118 valence electrons. The largest absolute Gasteiger partial charge is 0.401 e. The summed E-state index contributed by atoms with van der Waals surface area (Å²) >= 11 is 8.98. The lowest BCUT2D eigenvalue weighted by Gasteiger charge is -2.18. The molecule has 1 amide bonds. The second kappa shape index (κ2) is 7.95. The molecule has 1 aromatic rings. The van der Waals surface area contributed by atoms with Crippen LogP contribution >= 0.6 is 27.5 Å². The number of hydrogen-bond acceptors (Lipinski definition) is 3. The van der Waals surface area contributed by atoms with Gasteiger partial charge < -0.3 is 5.32 Å². The van der Waals surface area contributed by atoms with E-state index in [1.807, 2.05) is 0 Å². The summed E-state index contributed by atoms with van der Waals surface area (Å²) in [6, 6.07) is 1.53. The number of pyridine rings is 1.